The molecule has 1 aliphatic carbocycles. The van der Waals surface area contributed by atoms with Crippen molar-refractivity contribution in [3.05, 3.63) is 65.9 Å². The quantitative estimate of drug-likeness (QED) is 0.198. The van der Waals surface area contributed by atoms with Crippen LogP contribution in [0.25, 0.3) is 10.9 Å². The van der Waals surface area contributed by atoms with E-state index in [1.807, 2.05) is 27.7 Å². The van der Waals surface area contributed by atoms with Crippen LogP contribution < -0.4 is 15.0 Å². The van der Waals surface area contributed by atoms with E-state index in [-0.39, 0.29) is 0 Å². The molecule has 3 aromatic heterocycles. The lowest BCUT2D eigenvalue weighted by Gasteiger charge is -2.25. The van der Waals surface area contributed by atoms with Crippen LogP contribution in [0, 0.1) is 0 Å². The standard InChI is InChI=1S/C29H36N6O.2C2H6/c1-3-14-35(15-4-2)23-18-28(34-29(19-23)36-16-11-22-20-30-12-13-31-22)32-21-9-10-27-25(17-21)24-7-5-6-8-26(24)33-27;2*1-2/h9-10,12-13,17-20,33H,3-8,11,14-16H2,1-2H3,(H,32,34);2*1-2H3. The van der Waals surface area contributed by atoms with Crippen LogP contribution >= 0.6 is 0 Å². The minimum atomic E-state index is 0.498. The van der Waals surface area contributed by atoms with Gasteiger partial charge >= 0.3 is 0 Å². The number of aromatic nitrogens is 4. The first-order chi connectivity index (χ1) is 19.7. The zero-order valence-electron chi connectivity index (χ0n) is 25.4. The number of hydrogen-bond acceptors (Lipinski definition) is 6. The zero-order chi connectivity index (χ0) is 28.7. The molecule has 0 aliphatic heterocycles. The topological polar surface area (TPSA) is 79.0 Å². The van der Waals surface area contributed by atoms with Crippen molar-refractivity contribution in [3.8, 4) is 5.88 Å². The molecule has 0 unspecified atom stereocenters. The van der Waals surface area contributed by atoms with Gasteiger partial charge in [0.2, 0.25) is 5.88 Å². The average Bonchev–Trinajstić information content (AvgIpc) is 3.38. The molecule has 2 N–H and O–H groups in total. The van der Waals surface area contributed by atoms with E-state index < -0.39 is 0 Å². The number of fused-ring (bicyclic) bond motifs is 3. The molecule has 0 amide bonds. The summed E-state index contributed by atoms with van der Waals surface area (Å²) in [5.74, 6) is 1.42. The molecule has 0 fully saturated rings. The first kappa shape index (κ1) is 30.9. The maximum Gasteiger partial charge on any atom is 0.217 e. The summed E-state index contributed by atoms with van der Waals surface area (Å²) in [6.45, 7) is 14.9. The summed E-state index contributed by atoms with van der Waals surface area (Å²) in [7, 11) is 0. The number of H-pyrrole nitrogens is 1. The molecule has 0 radical (unpaired) electrons. The van der Waals surface area contributed by atoms with Gasteiger partial charge in [0.1, 0.15) is 5.82 Å². The Hall–Kier alpha value is -3.61. The number of nitrogens with zero attached hydrogens (tertiary/aromatic N) is 4. The molecule has 1 aromatic carbocycles. The van der Waals surface area contributed by atoms with E-state index in [1.54, 1.807) is 18.6 Å². The highest BCUT2D eigenvalue weighted by Gasteiger charge is 2.16. The Bertz CT molecular complexity index is 1280. The summed E-state index contributed by atoms with van der Waals surface area (Å²) >= 11 is 0. The summed E-state index contributed by atoms with van der Waals surface area (Å²) in [4.78, 5) is 19.3. The highest BCUT2D eigenvalue weighted by Crippen LogP contribution is 2.32. The SMILES string of the molecule is CC.CC.CCCN(CCC)c1cc(Nc2ccc3[nH]c4c(c3c2)CCCC4)nc(OCCc2cnccn2)c1. The number of nitrogens with one attached hydrogen (secondary N) is 2. The number of benzene rings is 1. The van der Waals surface area contributed by atoms with Gasteiger partial charge in [-0.15, -0.1) is 0 Å². The summed E-state index contributed by atoms with van der Waals surface area (Å²) in [6.07, 6.45) is 12.9. The predicted octanol–water partition coefficient (Wildman–Crippen LogP) is 8.28. The van der Waals surface area contributed by atoms with Crippen molar-refractivity contribution >= 4 is 28.1 Å². The van der Waals surface area contributed by atoms with E-state index in [0.717, 1.165) is 61.7 Å². The summed E-state index contributed by atoms with van der Waals surface area (Å²) < 4.78 is 6.12. The molecule has 40 heavy (non-hydrogen) atoms. The largest absolute Gasteiger partial charge is 0.477 e. The van der Waals surface area contributed by atoms with Crippen molar-refractivity contribution in [1.29, 1.82) is 0 Å². The maximum absolute atomic E-state index is 6.12. The van der Waals surface area contributed by atoms with Crippen LogP contribution in [0.5, 0.6) is 5.88 Å². The second-order valence-corrected chi connectivity index (χ2v) is 9.51. The van der Waals surface area contributed by atoms with Gasteiger partial charge in [0.15, 0.2) is 0 Å². The van der Waals surface area contributed by atoms with Crippen LogP contribution in [0.2, 0.25) is 0 Å². The van der Waals surface area contributed by atoms with Crippen molar-refractivity contribution < 1.29 is 4.74 Å². The van der Waals surface area contributed by atoms with E-state index in [0.29, 0.717) is 18.9 Å². The number of aryl methyl sites for hydroxylation is 2. The number of anilines is 3. The lowest BCUT2D eigenvalue weighted by atomic mass is 9.95. The minimum absolute atomic E-state index is 0.498. The van der Waals surface area contributed by atoms with Crippen LogP contribution in [-0.4, -0.2) is 39.6 Å². The molecule has 0 atom stereocenters. The molecule has 0 saturated heterocycles. The molecule has 0 bridgehead atoms. The molecular weight excluding hydrogens is 496 g/mol. The highest BCUT2D eigenvalue weighted by molar-refractivity contribution is 5.88. The summed E-state index contributed by atoms with van der Waals surface area (Å²) in [6, 6.07) is 10.8. The molecule has 7 nitrogen and oxygen atoms in total. The molecule has 216 valence electrons. The molecule has 4 aromatic rings. The van der Waals surface area contributed by atoms with Gasteiger partial charge in [-0.2, -0.15) is 4.98 Å². The van der Waals surface area contributed by atoms with Crippen molar-refractivity contribution in [1.82, 2.24) is 19.9 Å². The third-order valence-corrected chi connectivity index (χ3v) is 6.73. The number of pyridine rings is 1. The van der Waals surface area contributed by atoms with Gasteiger partial charge < -0.3 is 19.9 Å². The normalized spacial score (nSPS) is 11.9. The number of ether oxygens (including phenoxy) is 1. The molecule has 1 aliphatic rings. The molecule has 7 heteroatoms. The average molecular weight is 545 g/mol. The Morgan fingerprint density at radius 3 is 2.45 bits per heavy atom. The van der Waals surface area contributed by atoms with E-state index in [1.165, 1.54) is 35.0 Å². The van der Waals surface area contributed by atoms with Gasteiger partial charge in [-0.3, -0.25) is 9.97 Å². The Kier molecular flexibility index (Phi) is 12.7. The molecular formula is C33H48N6O. The lowest BCUT2D eigenvalue weighted by Crippen LogP contribution is -2.25. The summed E-state index contributed by atoms with van der Waals surface area (Å²) in [5.41, 5.74) is 7.19. The van der Waals surface area contributed by atoms with E-state index in [2.05, 4.69) is 69.3 Å². The third kappa shape index (κ3) is 8.20. The van der Waals surface area contributed by atoms with Gasteiger partial charge in [-0.25, -0.2) is 0 Å². The maximum atomic E-state index is 6.12. The summed E-state index contributed by atoms with van der Waals surface area (Å²) in [5, 5.41) is 4.89. The van der Waals surface area contributed by atoms with E-state index in [4.69, 9.17) is 9.72 Å². The zero-order valence-corrected chi connectivity index (χ0v) is 25.4. The Morgan fingerprint density at radius 2 is 1.73 bits per heavy atom. The lowest BCUT2D eigenvalue weighted by molar-refractivity contribution is 0.308. The Morgan fingerprint density at radius 1 is 0.950 bits per heavy atom. The Balaban J connectivity index is 0.00000106. The van der Waals surface area contributed by atoms with Crippen molar-refractivity contribution in [2.24, 2.45) is 0 Å². The smallest absolute Gasteiger partial charge is 0.217 e. The molecule has 0 spiro atoms. The van der Waals surface area contributed by atoms with Gasteiger partial charge in [0.05, 0.1) is 12.3 Å². The highest BCUT2D eigenvalue weighted by atomic mass is 16.5. The van der Waals surface area contributed by atoms with E-state index in [9.17, 15) is 0 Å². The number of rotatable bonds is 11. The number of hydrogen-bond donors (Lipinski definition) is 2. The van der Waals surface area contributed by atoms with Crippen molar-refractivity contribution in [2.75, 3.05) is 29.9 Å². The van der Waals surface area contributed by atoms with E-state index >= 15 is 0 Å². The van der Waals surface area contributed by atoms with Gasteiger partial charge in [0, 0.05) is 78.2 Å². The fourth-order valence-corrected chi connectivity index (χ4v) is 5.07. The van der Waals surface area contributed by atoms with Gasteiger partial charge in [-0.05, 0) is 62.3 Å². The minimum Gasteiger partial charge on any atom is -0.477 e. The van der Waals surface area contributed by atoms with Crippen molar-refractivity contribution in [2.45, 2.75) is 86.5 Å². The van der Waals surface area contributed by atoms with Gasteiger partial charge in [-0.1, -0.05) is 41.5 Å². The second kappa shape index (κ2) is 16.5. The van der Waals surface area contributed by atoms with Crippen LogP contribution in [-0.2, 0) is 19.3 Å². The third-order valence-electron chi connectivity index (χ3n) is 6.73. The monoisotopic (exact) mass is 544 g/mol. The second-order valence-electron chi connectivity index (χ2n) is 9.51. The van der Waals surface area contributed by atoms with Crippen LogP contribution in [0.4, 0.5) is 17.2 Å². The van der Waals surface area contributed by atoms with Crippen molar-refractivity contribution in [3.63, 3.8) is 0 Å². The van der Waals surface area contributed by atoms with Crippen LogP contribution in [0.1, 0.15) is 84.2 Å². The molecule has 0 saturated carbocycles. The van der Waals surface area contributed by atoms with Gasteiger partial charge in [0.25, 0.3) is 0 Å². The Labute approximate surface area is 240 Å². The molecule has 3 heterocycles. The first-order valence-electron chi connectivity index (χ1n) is 15.3. The molecule has 5 rings (SSSR count). The first-order valence-corrected chi connectivity index (χ1v) is 15.3. The fraction of sp³-hybridized carbons (Fsp3) is 0.485. The fourth-order valence-electron chi connectivity index (χ4n) is 5.07. The van der Waals surface area contributed by atoms with Crippen LogP contribution in [0.15, 0.2) is 48.9 Å². The predicted molar refractivity (Wildman–Crippen MR) is 169 cm³/mol. The van der Waals surface area contributed by atoms with Crippen LogP contribution in [0.3, 0.4) is 0 Å². The number of aromatic amines is 1.